The molecular weight excluding hydrogens is 356 g/mol. The molecule has 1 aromatic carbocycles. The minimum atomic E-state index is -0.189. The van der Waals surface area contributed by atoms with Gasteiger partial charge in [-0.2, -0.15) is 0 Å². The summed E-state index contributed by atoms with van der Waals surface area (Å²) in [7, 11) is 3.13. The van der Waals surface area contributed by atoms with E-state index in [4.69, 9.17) is 13.9 Å². The molecule has 3 rings (SSSR count). The molecule has 2 heterocycles. The number of thioether (sulfide) groups is 1. The molecule has 0 spiro atoms. The third-order valence-corrected chi connectivity index (χ3v) is 4.10. The average molecular weight is 372 g/mol. The van der Waals surface area contributed by atoms with Crippen molar-refractivity contribution in [3.8, 4) is 23.0 Å². The Kier molecular flexibility index (Phi) is 5.69. The van der Waals surface area contributed by atoms with Gasteiger partial charge >= 0.3 is 0 Å². The highest BCUT2D eigenvalue weighted by Gasteiger charge is 2.13. The molecule has 1 amide bonds. The van der Waals surface area contributed by atoms with Crippen molar-refractivity contribution >= 4 is 23.4 Å². The molecule has 8 nitrogen and oxygen atoms in total. The second-order valence-corrected chi connectivity index (χ2v) is 5.98. The van der Waals surface area contributed by atoms with Gasteiger partial charge in [-0.15, -0.1) is 10.2 Å². The Balaban J connectivity index is 1.64. The van der Waals surface area contributed by atoms with Crippen LogP contribution < -0.4 is 14.8 Å². The van der Waals surface area contributed by atoms with Crippen LogP contribution in [-0.4, -0.2) is 41.1 Å². The Labute approximate surface area is 153 Å². The van der Waals surface area contributed by atoms with Gasteiger partial charge in [-0.05, 0) is 24.3 Å². The van der Waals surface area contributed by atoms with E-state index in [1.807, 2.05) is 0 Å². The molecule has 3 aromatic rings. The van der Waals surface area contributed by atoms with Crippen molar-refractivity contribution < 1.29 is 18.7 Å². The van der Waals surface area contributed by atoms with Crippen LogP contribution in [0.5, 0.6) is 11.5 Å². The Morgan fingerprint density at radius 1 is 1.19 bits per heavy atom. The van der Waals surface area contributed by atoms with Crippen molar-refractivity contribution in [3.63, 3.8) is 0 Å². The molecule has 0 atom stereocenters. The maximum atomic E-state index is 11.9. The van der Waals surface area contributed by atoms with E-state index in [2.05, 4.69) is 20.5 Å². The summed E-state index contributed by atoms with van der Waals surface area (Å²) >= 11 is 1.15. The van der Waals surface area contributed by atoms with Crippen LogP contribution in [0, 0.1) is 0 Å². The minimum absolute atomic E-state index is 0.137. The third-order valence-electron chi connectivity index (χ3n) is 3.28. The van der Waals surface area contributed by atoms with E-state index in [9.17, 15) is 4.79 Å². The molecule has 134 valence electrons. The summed E-state index contributed by atoms with van der Waals surface area (Å²) in [6, 6.07) is 8.78. The van der Waals surface area contributed by atoms with Crippen molar-refractivity contribution in [2.75, 3.05) is 25.3 Å². The first kappa shape index (κ1) is 17.7. The molecule has 0 radical (unpaired) electrons. The smallest absolute Gasteiger partial charge is 0.277 e. The Bertz CT molecular complexity index is 863. The number of hydrogen-bond acceptors (Lipinski definition) is 8. The van der Waals surface area contributed by atoms with Crippen molar-refractivity contribution in [1.29, 1.82) is 0 Å². The fraction of sp³-hybridized carbons (Fsp3) is 0.176. The van der Waals surface area contributed by atoms with Crippen molar-refractivity contribution in [3.05, 3.63) is 42.7 Å². The SMILES string of the molecule is COc1cc(OC)cc(-c2nnc(SCC(=O)Nc3cccnc3)o2)c1. The van der Waals surface area contributed by atoms with Gasteiger partial charge in [0.05, 0.1) is 31.9 Å². The predicted octanol–water partition coefficient (Wildman–Crippen LogP) is 2.88. The van der Waals surface area contributed by atoms with E-state index in [-0.39, 0.29) is 11.7 Å². The van der Waals surface area contributed by atoms with E-state index in [0.29, 0.717) is 33.9 Å². The van der Waals surface area contributed by atoms with Gasteiger partial charge in [-0.1, -0.05) is 11.8 Å². The normalized spacial score (nSPS) is 10.4. The number of carbonyl (C=O) groups is 1. The summed E-state index contributed by atoms with van der Waals surface area (Å²) < 4.78 is 16.1. The fourth-order valence-corrected chi connectivity index (χ4v) is 2.64. The quantitative estimate of drug-likeness (QED) is 0.632. The number of ether oxygens (including phenoxy) is 2. The highest BCUT2D eigenvalue weighted by atomic mass is 32.2. The fourth-order valence-electron chi connectivity index (χ4n) is 2.08. The first-order chi connectivity index (χ1) is 12.7. The molecule has 0 saturated carbocycles. The largest absolute Gasteiger partial charge is 0.497 e. The van der Waals surface area contributed by atoms with E-state index >= 15 is 0 Å². The van der Waals surface area contributed by atoms with Crippen LogP contribution in [-0.2, 0) is 4.79 Å². The highest BCUT2D eigenvalue weighted by Crippen LogP contribution is 2.30. The second kappa shape index (κ2) is 8.34. The molecule has 9 heteroatoms. The lowest BCUT2D eigenvalue weighted by Crippen LogP contribution is -2.13. The van der Waals surface area contributed by atoms with Gasteiger partial charge in [-0.25, -0.2) is 0 Å². The molecule has 0 aliphatic rings. The summed E-state index contributed by atoms with van der Waals surface area (Å²) in [5, 5.41) is 11.0. The zero-order valence-electron chi connectivity index (χ0n) is 14.1. The van der Waals surface area contributed by atoms with Crippen LogP contribution in [0.25, 0.3) is 11.5 Å². The first-order valence-corrected chi connectivity index (χ1v) is 8.56. The molecule has 0 unspecified atom stereocenters. The molecule has 2 aromatic heterocycles. The summed E-state index contributed by atoms with van der Waals surface area (Å²) in [6.07, 6.45) is 3.21. The summed E-state index contributed by atoms with van der Waals surface area (Å²) in [5.41, 5.74) is 1.30. The number of nitrogens with zero attached hydrogens (tertiary/aromatic N) is 3. The van der Waals surface area contributed by atoms with Crippen LogP contribution in [0.3, 0.4) is 0 Å². The number of aromatic nitrogens is 3. The Morgan fingerprint density at radius 3 is 2.62 bits per heavy atom. The highest BCUT2D eigenvalue weighted by molar-refractivity contribution is 7.99. The van der Waals surface area contributed by atoms with Gasteiger partial charge in [0, 0.05) is 17.8 Å². The molecule has 0 fully saturated rings. The monoisotopic (exact) mass is 372 g/mol. The summed E-state index contributed by atoms with van der Waals surface area (Å²) in [5.74, 6) is 1.49. The number of rotatable bonds is 7. The average Bonchev–Trinajstić information content (AvgIpc) is 3.16. The predicted molar refractivity (Wildman–Crippen MR) is 96.4 cm³/mol. The van der Waals surface area contributed by atoms with Crippen LogP contribution in [0.1, 0.15) is 0 Å². The number of carbonyl (C=O) groups excluding carboxylic acids is 1. The summed E-state index contributed by atoms with van der Waals surface area (Å²) in [4.78, 5) is 15.9. The zero-order chi connectivity index (χ0) is 18.4. The van der Waals surface area contributed by atoms with Gasteiger partial charge in [-0.3, -0.25) is 9.78 Å². The lowest BCUT2D eigenvalue weighted by Gasteiger charge is -2.05. The van der Waals surface area contributed by atoms with Gasteiger partial charge in [0.25, 0.3) is 5.22 Å². The molecule has 0 bridgehead atoms. The third kappa shape index (κ3) is 4.51. The lowest BCUT2D eigenvalue weighted by atomic mass is 10.2. The minimum Gasteiger partial charge on any atom is -0.497 e. The summed E-state index contributed by atoms with van der Waals surface area (Å²) in [6.45, 7) is 0. The molecule has 0 aliphatic carbocycles. The zero-order valence-corrected chi connectivity index (χ0v) is 14.9. The maximum Gasteiger partial charge on any atom is 0.277 e. The number of amides is 1. The number of hydrogen-bond donors (Lipinski definition) is 1. The maximum absolute atomic E-state index is 11.9. The van der Waals surface area contributed by atoms with Crippen LogP contribution in [0.4, 0.5) is 5.69 Å². The number of anilines is 1. The van der Waals surface area contributed by atoms with Gasteiger partial charge in [0.2, 0.25) is 11.8 Å². The molecule has 1 N–H and O–H groups in total. The molecular formula is C17H16N4O4S. The van der Waals surface area contributed by atoms with Crippen LogP contribution in [0.2, 0.25) is 0 Å². The van der Waals surface area contributed by atoms with E-state index < -0.39 is 0 Å². The number of pyridine rings is 1. The van der Waals surface area contributed by atoms with E-state index in [1.165, 1.54) is 0 Å². The van der Waals surface area contributed by atoms with E-state index in [1.54, 1.807) is 56.9 Å². The number of benzene rings is 1. The van der Waals surface area contributed by atoms with E-state index in [0.717, 1.165) is 11.8 Å². The van der Waals surface area contributed by atoms with Crippen LogP contribution in [0.15, 0.2) is 52.4 Å². The van der Waals surface area contributed by atoms with Gasteiger partial charge in [0.1, 0.15) is 11.5 Å². The molecule has 0 aliphatic heterocycles. The molecule has 26 heavy (non-hydrogen) atoms. The molecule has 0 saturated heterocycles. The topological polar surface area (TPSA) is 99.4 Å². The van der Waals surface area contributed by atoms with Gasteiger partial charge in [0.15, 0.2) is 0 Å². The number of nitrogens with one attached hydrogen (secondary N) is 1. The van der Waals surface area contributed by atoms with Crippen LogP contribution >= 0.6 is 11.8 Å². The number of methoxy groups -OCH3 is 2. The van der Waals surface area contributed by atoms with Gasteiger partial charge < -0.3 is 19.2 Å². The standard InChI is InChI=1S/C17H16N4O4S/c1-23-13-6-11(7-14(8-13)24-2)16-20-21-17(25-16)26-10-15(22)19-12-4-3-5-18-9-12/h3-9H,10H2,1-2H3,(H,19,22). The van der Waals surface area contributed by atoms with Crippen molar-refractivity contribution in [1.82, 2.24) is 15.2 Å². The lowest BCUT2D eigenvalue weighted by molar-refractivity contribution is -0.113. The van der Waals surface area contributed by atoms with Crippen molar-refractivity contribution in [2.45, 2.75) is 5.22 Å². The van der Waals surface area contributed by atoms with Crippen molar-refractivity contribution in [2.24, 2.45) is 0 Å². The Morgan fingerprint density at radius 2 is 1.96 bits per heavy atom. The Hall–Kier alpha value is -3.07. The first-order valence-electron chi connectivity index (χ1n) is 7.57. The second-order valence-electron chi connectivity index (χ2n) is 5.05.